The van der Waals surface area contributed by atoms with Crippen molar-refractivity contribution in [2.24, 2.45) is 0 Å². The number of carbonyl (C=O) groups excluding carboxylic acids is 1. The van der Waals surface area contributed by atoms with E-state index in [2.05, 4.69) is 9.97 Å². The second-order valence-corrected chi connectivity index (χ2v) is 3.24. The molecule has 0 saturated carbocycles. The number of aromatic amines is 2. The molecule has 0 aliphatic rings. The van der Waals surface area contributed by atoms with Crippen molar-refractivity contribution in [3.8, 4) is 0 Å². The van der Waals surface area contributed by atoms with Crippen LogP contribution in [0.15, 0.2) is 4.79 Å². The first-order chi connectivity index (χ1) is 6.56. The van der Waals surface area contributed by atoms with Gasteiger partial charge in [-0.15, -0.1) is 0 Å². The molecular formula is C9H14N2O3. The third-order valence-electron chi connectivity index (χ3n) is 1.81. The van der Waals surface area contributed by atoms with Gasteiger partial charge in [0.15, 0.2) is 0 Å². The number of nitrogens with one attached hydrogen (secondary N) is 2. The van der Waals surface area contributed by atoms with Gasteiger partial charge in [-0.05, 0) is 12.8 Å². The van der Waals surface area contributed by atoms with Crippen molar-refractivity contribution in [3.05, 3.63) is 21.9 Å². The summed E-state index contributed by atoms with van der Waals surface area (Å²) in [5.74, 6) is -0.414. The molecule has 1 heterocycles. The van der Waals surface area contributed by atoms with Crippen LogP contribution in [0, 0.1) is 0 Å². The van der Waals surface area contributed by atoms with Crippen LogP contribution in [0.25, 0.3) is 0 Å². The fraction of sp³-hybridized carbons (Fsp3) is 0.556. The van der Waals surface area contributed by atoms with Gasteiger partial charge in [0, 0.05) is 0 Å². The molecule has 0 amide bonds. The van der Waals surface area contributed by atoms with E-state index in [-0.39, 0.29) is 17.3 Å². The summed E-state index contributed by atoms with van der Waals surface area (Å²) < 4.78 is 4.80. The van der Waals surface area contributed by atoms with Gasteiger partial charge in [0.25, 0.3) is 0 Å². The van der Waals surface area contributed by atoms with Gasteiger partial charge in [-0.25, -0.2) is 9.59 Å². The molecule has 1 rings (SSSR count). The van der Waals surface area contributed by atoms with Gasteiger partial charge in [-0.3, -0.25) is 4.98 Å². The van der Waals surface area contributed by atoms with Crippen molar-refractivity contribution in [1.82, 2.24) is 9.97 Å². The van der Waals surface area contributed by atoms with Crippen molar-refractivity contribution < 1.29 is 9.53 Å². The van der Waals surface area contributed by atoms with Crippen molar-refractivity contribution in [2.75, 3.05) is 6.61 Å². The molecule has 5 nitrogen and oxygen atoms in total. The van der Waals surface area contributed by atoms with Crippen LogP contribution >= 0.6 is 0 Å². The summed E-state index contributed by atoms with van der Waals surface area (Å²) in [5, 5.41) is 0. The van der Waals surface area contributed by atoms with Crippen LogP contribution in [0.3, 0.4) is 0 Å². The van der Waals surface area contributed by atoms with Crippen molar-refractivity contribution >= 4 is 5.97 Å². The molecule has 0 spiro atoms. The Kier molecular flexibility index (Phi) is 3.11. The molecule has 0 fully saturated rings. The minimum absolute atomic E-state index is 0.0772. The van der Waals surface area contributed by atoms with Crippen molar-refractivity contribution in [2.45, 2.75) is 26.7 Å². The lowest BCUT2D eigenvalue weighted by Crippen LogP contribution is -2.09. The van der Waals surface area contributed by atoms with Crippen molar-refractivity contribution in [1.29, 1.82) is 0 Å². The highest BCUT2D eigenvalue weighted by molar-refractivity contribution is 5.88. The first-order valence-electron chi connectivity index (χ1n) is 4.55. The molecule has 14 heavy (non-hydrogen) atoms. The summed E-state index contributed by atoms with van der Waals surface area (Å²) in [4.78, 5) is 27.4. The molecule has 0 unspecified atom stereocenters. The fourth-order valence-corrected chi connectivity index (χ4v) is 1.19. The van der Waals surface area contributed by atoms with E-state index in [4.69, 9.17) is 4.74 Å². The number of imidazole rings is 1. The highest BCUT2D eigenvalue weighted by Gasteiger charge is 2.18. The highest BCUT2D eigenvalue weighted by atomic mass is 16.5. The van der Waals surface area contributed by atoms with E-state index in [1.807, 2.05) is 13.8 Å². The lowest BCUT2D eigenvalue weighted by atomic mass is 10.1. The van der Waals surface area contributed by atoms with Gasteiger partial charge in [0.05, 0.1) is 12.3 Å². The molecule has 1 aromatic heterocycles. The molecular weight excluding hydrogens is 184 g/mol. The SMILES string of the molecule is CCOC(=O)c1[nH]c(=O)[nH]c1C(C)C. The number of carbonyl (C=O) groups is 1. The molecule has 0 aromatic carbocycles. The number of rotatable bonds is 3. The molecule has 0 aliphatic carbocycles. The van der Waals surface area contributed by atoms with Crippen LogP contribution in [-0.2, 0) is 4.74 Å². The molecule has 1 aromatic rings. The molecule has 0 saturated heterocycles. The first-order valence-corrected chi connectivity index (χ1v) is 4.55. The normalized spacial score (nSPS) is 10.6. The van der Waals surface area contributed by atoms with E-state index in [9.17, 15) is 9.59 Å². The Balaban J connectivity index is 3.06. The van der Waals surface area contributed by atoms with Gasteiger partial charge in [0.1, 0.15) is 5.69 Å². The van der Waals surface area contributed by atoms with E-state index in [1.165, 1.54) is 0 Å². The summed E-state index contributed by atoms with van der Waals surface area (Å²) in [6.45, 7) is 5.80. The fourth-order valence-electron chi connectivity index (χ4n) is 1.19. The van der Waals surface area contributed by atoms with E-state index < -0.39 is 5.97 Å². The third-order valence-corrected chi connectivity index (χ3v) is 1.81. The van der Waals surface area contributed by atoms with Crippen LogP contribution in [0.5, 0.6) is 0 Å². The summed E-state index contributed by atoms with van der Waals surface area (Å²) in [7, 11) is 0. The number of aromatic nitrogens is 2. The van der Waals surface area contributed by atoms with E-state index in [1.54, 1.807) is 6.92 Å². The Bertz CT molecular complexity index is 376. The highest BCUT2D eigenvalue weighted by Crippen LogP contribution is 2.14. The van der Waals surface area contributed by atoms with E-state index in [0.717, 1.165) is 0 Å². The van der Waals surface area contributed by atoms with Gasteiger partial charge in [0.2, 0.25) is 0 Å². The zero-order valence-corrected chi connectivity index (χ0v) is 8.51. The van der Waals surface area contributed by atoms with Crippen molar-refractivity contribution in [3.63, 3.8) is 0 Å². The van der Waals surface area contributed by atoms with Crippen LogP contribution in [0.1, 0.15) is 42.9 Å². The Morgan fingerprint density at radius 3 is 2.57 bits per heavy atom. The predicted octanol–water partition coefficient (Wildman–Crippen LogP) is 1.00. The maximum absolute atomic E-state index is 11.4. The number of H-pyrrole nitrogens is 2. The summed E-state index contributed by atoms with van der Waals surface area (Å²) in [5.41, 5.74) is 0.442. The van der Waals surface area contributed by atoms with Crippen LogP contribution in [-0.4, -0.2) is 22.5 Å². The smallest absolute Gasteiger partial charge is 0.356 e. The average Bonchev–Trinajstić information content (AvgIpc) is 2.48. The maximum atomic E-state index is 11.4. The number of hydrogen-bond acceptors (Lipinski definition) is 3. The average molecular weight is 198 g/mol. The number of hydrogen-bond donors (Lipinski definition) is 2. The first kappa shape index (κ1) is 10.6. The predicted molar refractivity (Wildman–Crippen MR) is 51.5 cm³/mol. The zero-order valence-electron chi connectivity index (χ0n) is 8.51. The Morgan fingerprint density at radius 2 is 2.07 bits per heavy atom. The van der Waals surface area contributed by atoms with Crippen LogP contribution < -0.4 is 5.69 Å². The van der Waals surface area contributed by atoms with Gasteiger partial charge in [-0.2, -0.15) is 0 Å². The number of esters is 1. The largest absolute Gasteiger partial charge is 0.461 e. The topological polar surface area (TPSA) is 75.0 Å². The van der Waals surface area contributed by atoms with E-state index in [0.29, 0.717) is 12.3 Å². The monoisotopic (exact) mass is 198 g/mol. The zero-order chi connectivity index (χ0) is 10.7. The summed E-state index contributed by atoms with van der Waals surface area (Å²) in [6.07, 6.45) is 0. The second kappa shape index (κ2) is 4.13. The Morgan fingerprint density at radius 1 is 1.43 bits per heavy atom. The molecule has 0 bridgehead atoms. The molecule has 2 N–H and O–H groups in total. The molecule has 0 aliphatic heterocycles. The second-order valence-electron chi connectivity index (χ2n) is 3.24. The standard InChI is InChI=1S/C9H14N2O3/c1-4-14-8(12)7-6(5(2)3)10-9(13)11-7/h5H,4H2,1-3H3,(H2,10,11,13). The lowest BCUT2D eigenvalue weighted by Gasteiger charge is -2.04. The maximum Gasteiger partial charge on any atom is 0.356 e. The summed E-state index contributed by atoms with van der Waals surface area (Å²) >= 11 is 0. The lowest BCUT2D eigenvalue weighted by molar-refractivity contribution is 0.0518. The molecule has 5 heteroatoms. The quantitative estimate of drug-likeness (QED) is 0.711. The van der Waals surface area contributed by atoms with Gasteiger partial charge in [-0.1, -0.05) is 13.8 Å². The Labute approximate surface area is 81.5 Å². The van der Waals surface area contributed by atoms with E-state index >= 15 is 0 Å². The van der Waals surface area contributed by atoms with Gasteiger partial charge < -0.3 is 9.72 Å². The number of ether oxygens (including phenoxy) is 1. The van der Waals surface area contributed by atoms with Crippen LogP contribution in [0.4, 0.5) is 0 Å². The minimum atomic E-state index is -0.491. The molecule has 0 atom stereocenters. The summed E-state index contributed by atoms with van der Waals surface area (Å²) in [6, 6.07) is 0. The van der Waals surface area contributed by atoms with Crippen LogP contribution in [0.2, 0.25) is 0 Å². The molecule has 0 radical (unpaired) electrons. The van der Waals surface area contributed by atoms with Gasteiger partial charge >= 0.3 is 11.7 Å². The third kappa shape index (κ3) is 2.04. The minimum Gasteiger partial charge on any atom is -0.461 e. The Hall–Kier alpha value is -1.52. The molecule has 78 valence electrons.